The lowest BCUT2D eigenvalue weighted by molar-refractivity contribution is -0.215. The number of sulfone groups is 2. The molecule has 0 radical (unpaired) electrons. The molecule has 5 heterocycles. The van der Waals surface area contributed by atoms with Crippen molar-refractivity contribution in [2.24, 2.45) is 5.73 Å². The summed E-state index contributed by atoms with van der Waals surface area (Å²) >= 11 is 38.5. The molecule has 0 aromatic heterocycles. The number of ether oxygens (including phenoxy) is 9. The van der Waals surface area contributed by atoms with E-state index < -0.39 is 84.1 Å². The van der Waals surface area contributed by atoms with Gasteiger partial charge in [0.1, 0.15) is 0 Å². The van der Waals surface area contributed by atoms with Gasteiger partial charge in [0.25, 0.3) is 29.5 Å². The highest BCUT2D eigenvalue weighted by Crippen LogP contribution is 2.43. The minimum Gasteiger partial charge on any atom is -0.379 e. The lowest BCUT2D eigenvalue weighted by Gasteiger charge is -2.33. The number of nitrogens with zero attached hydrogens (tertiary/aromatic N) is 5. The highest BCUT2D eigenvalue weighted by Gasteiger charge is 2.40. The Morgan fingerprint density at radius 1 is 0.432 bits per heavy atom. The molecule has 0 aliphatic carbocycles. The maximum absolute atomic E-state index is 13.2. The second-order valence-electron chi connectivity index (χ2n) is 30.6. The number of fused-ring (bicyclic) bond motifs is 3. The number of sulfonamides is 1. The first-order chi connectivity index (χ1) is 63.1. The van der Waals surface area contributed by atoms with E-state index in [2.05, 4.69) is 34.4 Å². The van der Waals surface area contributed by atoms with Crippen molar-refractivity contribution in [2.45, 2.75) is 111 Å². The highest BCUT2D eigenvalue weighted by molar-refractivity contribution is 7.91. The van der Waals surface area contributed by atoms with E-state index in [0.29, 0.717) is 153 Å². The van der Waals surface area contributed by atoms with Crippen molar-refractivity contribution in [3.63, 3.8) is 0 Å². The van der Waals surface area contributed by atoms with E-state index in [1.165, 1.54) is 0 Å². The Morgan fingerprint density at radius 2 is 0.735 bits per heavy atom. The molecule has 132 heavy (non-hydrogen) atoms. The molecule has 3 atom stereocenters. The van der Waals surface area contributed by atoms with E-state index in [9.17, 15) is 68.0 Å². The number of hydrogen-bond donors (Lipinski definition) is 3. The quantitative estimate of drug-likeness (QED) is 0.0181. The summed E-state index contributed by atoms with van der Waals surface area (Å²) in [6, 6.07) is 32.2. The van der Waals surface area contributed by atoms with Gasteiger partial charge in [0, 0.05) is 159 Å². The molecule has 728 valence electrons. The topological polar surface area (TPSA) is 407 Å². The van der Waals surface area contributed by atoms with Crippen molar-refractivity contribution >= 4 is 147 Å². The van der Waals surface area contributed by atoms with Gasteiger partial charge >= 0.3 is 11.9 Å². The minimum absolute atomic E-state index is 0. The first-order valence-electron chi connectivity index (χ1n) is 42.8. The number of nitrogens with one attached hydrogen (secondary N) is 2. The molecule has 0 spiro atoms. The number of Topliss-reactive ketones (excluding diaryl/α,β-unsaturated/α-hetero) is 1. The average Bonchev–Trinajstić information content (AvgIpc) is 0.970. The van der Waals surface area contributed by atoms with Crippen molar-refractivity contribution in [3.05, 3.63) is 189 Å². The predicted octanol–water partition coefficient (Wildman–Crippen LogP) is 10.3. The number of benzene rings is 6. The predicted molar refractivity (Wildman–Crippen MR) is 494 cm³/mol. The van der Waals surface area contributed by atoms with Crippen LogP contribution in [0.15, 0.2) is 124 Å². The van der Waals surface area contributed by atoms with Crippen LogP contribution in [0.5, 0.6) is 0 Å². The summed E-state index contributed by atoms with van der Waals surface area (Å²) in [7, 11) is -5.74. The second-order valence-corrected chi connectivity index (χ2v) is 39.1. The van der Waals surface area contributed by atoms with E-state index in [0.717, 1.165) is 63.2 Å². The Hall–Kier alpha value is -7.36. The smallest absolute Gasteiger partial charge is 0.379 e. The molecule has 2 saturated heterocycles. The fourth-order valence-electron chi connectivity index (χ4n) is 14.5. The van der Waals surface area contributed by atoms with E-state index in [1.54, 1.807) is 72.8 Å². The van der Waals surface area contributed by atoms with Gasteiger partial charge in [-0.15, -0.1) is 10.1 Å². The monoisotopic (exact) mass is 2020 g/mol. The number of carbonyl (C=O) groups is 8. The van der Waals surface area contributed by atoms with Crippen LogP contribution in [0.4, 0.5) is 4.39 Å². The van der Waals surface area contributed by atoms with Crippen molar-refractivity contribution in [1.29, 1.82) is 0 Å². The number of ketones is 1. The molecule has 3 unspecified atom stereocenters. The van der Waals surface area contributed by atoms with Gasteiger partial charge < -0.3 is 78.1 Å². The van der Waals surface area contributed by atoms with Gasteiger partial charge in [0.15, 0.2) is 19.7 Å². The molecule has 33 nitrogen and oxygen atoms in total. The molecule has 0 saturated carbocycles. The summed E-state index contributed by atoms with van der Waals surface area (Å²) in [6.45, 7) is 10.9. The van der Waals surface area contributed by atoms with Gasteiger partial charge in [-0.1, -0.05) is 113 Å². The molecule has 5 aliphatic heterocycles. The zero-order valence-corrected chi connectivity index (χ0v) is 79.9. The molecular formula is C89H115Cl6FN8O25S3. The Kier molecular flexibility index (Phi) is 47.5. The van der Waals surface area contributed by atoms with Crippen LogP contribution < -0.4 is 15.8 Å². The fraction of sp³-hybridized carbons (Fsp3) is 0.506. The lowest BCUT2D eigenvalue weighted by Crippen LogP contribution is -2.39. The summed E-state index contributed by atoms with van der Waals surface area (Å²) in [5.74, 6) is -7.90. The minimum atomic E-state index is -3.79. The number of halogens is 7. The van der Waals surface area contributed by atoms with Crippen LogP contribution in [0.2, 0.25) is 30.1 Å². The maximum Gasteiger partial charge on any atom is 0.444 e. The zero-order chi connectivity index (χ0) is 95.9. The van der Waals surface area contributed by atoms with Crippen LogP contribution in [0.25, 0.3) is 0 Å². The number of nitrogens with two attached hydrogens (primary N) is 1. The summed E-state index contributed by atoms with van der Waals surface area (Å²) in [6.07, 6.45) is 0.617. The number of alkyl halides is 1. The van der Waals surface area contributed by atoms with Gasteiger partial charge in [-0.3, -0.25) is 33.2 Å². The molecule has 11 rings (SSSR count). The van der Waals surface area contributed by atoms with Gasteiger partial charge in [-0.2, -0.15) is 0 Å². The third kappa shape index (κ3) is 35.3. The van der Waals surface area contributed by atoms with Crippen molar-refractivity contribution < 1.29 is 122 Å². The third-order valence-corrected chi connectivity index (χ3v) is 27.4. The van der Waals surface area contributed by atoms with Gasteiger partial charge in [0.05, 0.1) is 134 Å². The standard InChI is InChI=1S/C52H66Cl4N4O12S2.C25H34Cl2N2O5S.C10H8N2O8.CH3F.CH4/c1-59-33-45(43-29-39(53)31-49(55)47(43)35-59)37-7-3-9-41(27-37)73(63,64)26-6-15-68-19-23-71-22-18-67-14-5-11-51(61)52(62)57-12-16-69-20-24-72-25-21-70-17-13-58-74(65,66)42-10-4-8-38(28-42)46-34-60(2)36-48-44(46)30-40(54)32-50(48)56;1-29-17-23(22-15-20(26)16-25(27)24(22)18-29)19-4-2-5-21(14-19)35(30,31)13-3-7-32-9-11-34-12-10-33-8-6-28;13-5-1-2-6(14)11(5)19-9(17)10(18)20-12-7(15)3-4-8(12)16;1-2;/h3-4,7-10,27-32,45-46,58H,5-6,11-26,33-36H2,1-2H3,(H,57,62);2,4-5,14-16,23H,3,6-13,17-18,28H2,1H3;1-4H2;1H3;1H4/i;;;1D;. The van der Waals surface area contributed by atoms with E-state index in [-0.39, 0.29) is 155 Å². The second kappa shape index (κ2) is 57.0. The van der Waals surface area contributed by atoms with Crippen molar-refractivity contribution in [1.82, 2.24) is 34.9 Å². The molecule has 2 fully saturated rings. The highest BCUT2D eigenvalue weighted by atomic mass is 35.5. The largest absolute Gasteiger partial charge is 0.444 e. The van der Waals surface area contributed by atoms with Gasteiger partial charge in [0.2, 0.25) is 15.8 Å². The number of amides is 5. The Labute approximate surface area is 801 Å². The fourth-order valence-corrected chi connectivity index (χ4v) is 19.9. The first kappa shape index (κ1) is 110. The summed E-state index contributed by atoms with van der Waals surface area (Å²) in [5, 5.41) is 6.35. The van der Waals surface area contributed by atoms with Crippen LogP contribution >= 0.6 is 69.6 Å². The summed E-state index contributed by atoms with van der Waals surface area (Å²) < 4.78 is 146. The first-order valence-corrected chi connectivity index (χ1v) is 49.2. The number of hydrogen-bond acceptors (Lipinski definition) is 29. The molecule has 6 aromatic carbocycles. The van der Waals surface area contributed by atoms with Crippen LogP contribution in [-0.4, -0.2) is 295 Å². The average molecular weight is 2030 g/mol. The van der Waals surface area contributed by atoms with Gasteiger partial charge in [-0.25, -0.2) is 39.6 Å². The molecule has 0 bridgehead atoms. The molecule has 6 aromatic rings. The Balaban J connectivity index is 0.000000333. The number of likely N-dealkylation sites (N-methyl/N-ethyl adjacent to an activating group) is 3. The molecule has 5 aliphatic rings. The number of carbonyl (C=O) groups excluding carboxylic acids is 8. The lowest BCUT2D eigenvalue weighted by atomic mass is 9.85. The van der Waals surface area contributed by atoms with Crippen molar-refractivity contribution in [2.75, 3.05) is 198 Å². The zero-order valence-electron chi connectivity index (χ0n) is 73.9. The van der Waals surface area contributed by atoms with Crippen LogP contribution in [-0.2, 0) is 140 Å². The number of hydroxylamine groups is 4. The Bertz CT molecular complexity index is 4980. The van der Waals surface area contributed by atoms with Crippen molar-refractivity contribution in [3.8, 4) is 0 Å². The van der Waals surface area contributed by atoms with E-state index in [1.807, 2.05) is 57.5 Å². The molecule has 5 amide bonds. The molecule has 43 heteroatoms. The van der Waals surface area contributed by atoms with Gasteiger partial charge in [-0.05, 0) is 163 Å². The SMILES string of the molecule is C.CN1Cc2c(Cl)cc(Cl)cc2C(c2cccc(S(=O)(=O)CCCOCCOCCOCCCC(=O)C(=O)NCCOCCOCCOCCNS(=O)(=O)c3cccc(C4CN(C)Cc5c(Cl)cc(Cl)cc54)c3)c2)C1.CN1Cc2c(Cl)cc(Cl)cc2C(c2cccc(S(=O)(=O)CCCOCCOCCOCCN)c2)C1.O=C(ON1C(=O)CCC1=O)C(=O)ON1C(=O)CCC1=O.[2H]CF. The number of rotatable bonds is 48. The normalized spacial score (nSPS) is 16.4. The van der Waals surface area contributed by atoms with Crippen LogP contribution in [0, 0.1) is 0 Å². The Morgan fingerprint density at radius 3 is 1.08 bits per heavy atom. The molecular weight excluding hydrogens is 1910 g/mol. The van der Waals surface area contributed by atoms with Crippen LogP contribution in [0.1, 0.15) is 128 Å². The maximum atomic E-state index is 13.2. The molecule has 4 N–H and O–H groups in total. The van der Waals surface area contributed by atoms with E-state index in [4.69, 9.17) is 119 Å². The van der Waals surface area contributed by atoms with Crippen LogP contribution in [0.3, 0.4) is 0 Å². The van der Waals surface area contributed by atoms with E-state index >= 15 is 0 Å². The third-order valence-electron chi connectivity index (χ3n) is 20.7. The summed E-state index contributed by atoms with van der Waals surface area (Å²) in [4.78, 5) is 107. The summed E-state index contributed by atoms with van der Waals surface area (Å²) in [5.41, 5.74) is 14.1. The number of imide groups is 2.